The van der Waals surface area contributed by atoms with Crippen LogP contribution in [0.1, 0.15) is 96.8 Å². The molecule has 2 aliphatic rings. The molecule has 0 amide bonds. The van der Waals surface area contributed by atoms with E-state index >= 15 is 0 Å². The van der Waals surface area contributed by atoms with E-state index in [1.165, 1.54) is 57.8 Å². The number of carbonyl (C=O) groups is 2. The van der Waals surface area contributed by atoms with Gasteiger partial charge < -0.3 is 9.90 Å². The number of ketones is 1. The molecule has 2 fully saturated rings. The average Bonchev–Trinajstić information content (AvgIpc) is 3.32. The molecule has 0 atom stereocenters. The molecule has 0 unspecified atom stereocenters. The van der Waals surface area contributed by atoms with Gasteiger partial charge in [-0.2, -0.15) is 0 Å². The summed E-state index contributed by atoms with van der Waals surface area (Å²) >= 11 is 0. The smallest absolute Gasteiger partial charge is 0.303 e. The second kappa shape index (κ2) is 7.61. The Kier molecular flexibility index (Phi) is 6.05. The van der Waals surface area contributed by atoms with Crippen LogP contribution < -0.4 is 0 Å². The summed E-state index contributed by atoms with van der Waals surface area (Å²) in [6, 6.07) is 0. The van der Waals surface area contributed by atoms with Gasteiger partial charge in [-0.05, 0) is 56.3 Å². The quantitative estimate of drug-likeness (QED) is 0.480. The van der Waals surface area contributed by atoms with Crippen molar-refractivity contribution in [3.63, 3.8) is 0 Å². The van der Waals surface area contributed by atoms with Gasteiger partial charge >= 0.3 is 5.97 Å². The van der Waals surface area contributed by atoms with Crippen LogP contribution in [0.3, 0.4) is 0 Å². The molecule has 2 rings (SSSR count). The lowest BCUT2D eigenvalue weighted by Crippen LogP contribution is -2.08. The van der Waals surface area contributed by atoms with E-state index in [2.05, 4.69) is 0 Å². The summed E-state index contributed by atoms with van der Waals surface area (Å²) in [6.45, 7) is 1.72. The first-order valence-corrected chi connectivity index (χ1v) is 9.17. The van der Waals surface area contributed by atoms with Gasteiger partial charge in [-0.15, -0.1) is 0 Å². The summed E-state index contributed by atoms with van der Waals surface area (Å²) in [7, 11) is 0. The highest BCUT2D eigenvalue weighted by atomic mass is 16.4. The van der Waals surface area contributed by atoms with Crippen LogP contribution in [0.5, 0.6) is 0 Å². The monoisotopic (exact) mass is 308 g/mol. The number of carboxylic acid groups (broad SMARTS) is 1. The molecule has 0 heterocycles. The lowest BCUT2D eigenvalue weighted by atomic mass is 9.92. The molecule has 0 aromatic heterocycles. The molecule has 0 aromatic carbocycles. The summed E-state index contributed by atoms with van der Waals surface area (Å²) in [5, 5.41) is 8.89. The van der Waals surface area contributed by atoms with Gasteiger partial charge in [-0.1, -0.05) is 38.5 Å². The Hall–Kier alpha value is -0.860. The summed E-state index contributed by atoms with van der Waals surface area (Å²) < 4.78 is 0. The molecule has 0 spiro atoms. The number of hydrogen-bond acceptors (Lipinski definition) is 2. The standard InChI is InChI=1S/C19H32O3/c1-16(20)14-18(10-11-18)8-6-4-2-3-5-7-9-19(12-13-19)15-17(21)22/h2-15H2,1H3,(H,21,22). The zero-order valence-electron chi connectivity index (χ0n) is 14.2. The summed E-state index contributed by atoms with van der Waals surface area (Å²) in [4.78, 5) is 22.0. The van der Waals surface area contributed by atoms with E-state index in [-0.39, 0.29) is 5.41 Å². The topological polar surface area (TPSA) is 54.4 Å². The molecular weight excluding hydrogens is 276 g/mol. The Morgan fingerprint density at radius 3 is 1.55 bits per heavy atom. The van der Waals surface area contributed by atoms with Crippen molar-refractivity contribution in [3.8, 4) is 0 Å². The van der Waals surface area contributed by atoms with Gasteiger partial charge in [-0.3, -0.25) is 4.79 Å². The molecule has 0 saturated heterocycles. The van der Waals surface area contributed by atoms with Crippen LogP contribution in [0.25, 0.3) is 0 Å². The highest BCUT2D eigenvalue weighted by Gasteiger charge is 2.43. The number of hydrogen-bond donors (Lipinski definition) is 1. The van der Waals surface area contributed by atoms with Crippen LogP contribution in [-0.4, -0.2) is 16.9 Å². The Labute approximate surface area is 134 Å². The van der Waals surface area contributed by atoms with Gasteiger partial charge in [0.2, 0.25) is 0 Å². The highest BCUT2D eigenvalue weighted by molar-refractivity contribution is 5.76. The maximum absolute atomic E-state index is 11.2. The Morgan fingerprint density at radius 2 is 1.18 bits per heavy atom. The number of rotatable bonds is 13. The van der Waals surface area contributed by atoms with E-state index in [1.807, 2.05) is 0 Å². The zero-order valence-corrected chi connectivity index (χ0v) is 14.2. The molecule has 1 N–H and O–H groups in total. The number of carboxylic acids is 1. The molecule has 3 nitrogen and oxygen atoms in total. The predicted molar refractivity (Wildman–Crippen MR) is 87.8 cm³/mol. The van der Waals surface area contributed by atoms with E-state index in [0.717, 1.165) is 25.7 Å². The van der Waals surface area contributed by atoms with Gasteiger partial charge in [0.15, 0.2) is 0 Å². The molecule has 2 aliphatic carbocycles. The fourth-order valence-corrected chi connectivity index (χ4v) is 3.94. The van der Waals surface area contributed by atoms with Crippen LogP contribution in [-0.2, 0) is 9.59 Å². The first-order valence-electron chi connectivity index (χ1n) is 9.17. The number of carbonyl (C=O) groups excluding carboxylic acids is 1. The highest BCUT2D eigenvalue weighted by Crippen LogP contribution is 2.53. The predicted octanol–water partition coefficient (Wildman–Crippen LogP) is 5.12. The molecule has 22 heavy (non-hydrogen) atoms. The number of aliphatic carboxylic acids is 1. The van der Waals surface area contributed by atoms with Crippen molar-refractivity contribution in [3.05, 3.63) is 0 Å². The fourth-order valence-electron chi connectivity index (χ4n) is 3.94. The lowest BCUT2D eigenvalue weighted by molar-refractivity contribution is -0.138. The SMILES string of the molecule is CC(=O)CC1(CCCCCCCCC2(CC(=O)O)CC2)CC1. The molecule has 0 bridgehead atoms. The van der Waals surface area contributed by atoms with Crippen molar-refractivity contribution < 1.29 is 14.7 Å². The van der Waals surface area contributed by atoms with Crippen molar-refractivity contribution in [2.24, 2.45) is 10.8 Å². The van der Waals surface area contributed by atoms with Crippen molar-refractivity contribution in [2.45, 2.75) is 96.8 Å². The molecule has 126 valence electrons. The largest absolute Gasteiger partial charge is 0.481 e. The van der Waals surface area contributed by atoms with Crippen molar-refractivity contribution >= 4 is 11.8 Å². The third-order valence-electron chi connectivity index (χ3n) is 5.73. The van der Waals surface area contributed by atoms with E-state index in [1.54, 1.807) is 6.92 Å². The van der Waals surface area contributed by atoms with Crippen molar-refractivity contribution in [1.29, 1.82) is 0 Å². The minimum atomic E-state index is -0.628. The van der Waals surface area contributed by atoms with Crippen molar-refractivity contribution in [2.75, 3.05) is 0 Å². The van der Waals surface area contributed by atoms with Crippen LogP contribution >= 0.6 is 0 Å². The lowest BCUT2D eigenvalue weighted by Gasteiger charge is -2.13. The summed E-state index contributed by atoms with van der Waals surface area (Å²) in [6.07, 6.45) is 15.9. The van der Waals surface area contributed by atoms with E-state index < -0.39 is 5.97 Å². The normalized spacial score (nSPS) is 20.6. The van der Waals surface area contributed by atoms with E-state index in [0.29, 0.717) is 17.6 Å². The van der Waals surface area contributed by atoms with Gasteiger partial charge in [0.25, 0.3) is 0 Å². The van der Waals surface area contributed by atoms with Gasteiger partial charge in [0, 0.05) is 6.42 Å². The number of Topliss-reactive ketones (excluding diaryl/α,β-unsaturated/α-hetero) is 1. The minimum Gasteiger partial charge on any atom is -0.481 e. The van der Waals surface area contributed by atoms with E-state index in [9.17, 15) is 9.59 Å². The summed E-state index contributed by atoms with van der Waals surface area (Å²) in [5.41, 5.74) is 0.581. The van der Waals surface area contributed by atoms with Gasteiger partial charge in [0.1, 0.15) is 5.78 Å². The molecule has 0 aliphatic heterocycles. The summed E-state index contributed by atoms with van der Waals surface area (Å²) in [5.74, 6) is -0.273. The first kappa shape index (κ1) is 17.5. The van der Waals surface area contributed by atoms with E-state index in [4.69, 9.17) is 5.11 Å². The first-order chi connectivity index (χ1) is 10.5. The van der Waals surface area contributed by atoms with Crippen LogP contribution in [0, 0.1) is 10.8 Å². The van der Waals surface area contributed by atoms with Crippen LogP contribution in [0.15, 0.2) is 0 Å². The Balaban J connectivity index is 1.42. The third-order valence-corrected chi connectivity index (χ3v) is 5.73. The second-order valence-electron chi connectivity index (χ2n) is 8.07. The molecule has 2 saturated carbocycles. The molecule has 3 heteroatoms. The molecule has 0 aromatic rings. The number of unbranched alkanes of at least 4 members (excludes halogenated alkanes) is 5. The van der Waals surface area contributed by atoms with Crippen LogP contribution in [0.2, 0.25) is 0 Å². The third kappa shape index (κ3) is 6.10. The van der Waals surface area contributed by atoms with Crippen molar-refractivity contribution in [1.82, 2.24) is 0 Å². The maximum Gasteiger partial charge on any atom is 0.303 e. The minimum absolute atomic E-state index is 0.177. The molecular formula is C19H32O3. The maximum atomic E-state index is 11.2. The van der Waals surface area contributed by atoms with Crippen LogP contribution in [0.4, 0.5) is 0 Å². The molecule has 0 radical (unpaired) electrons. The van der Waals surface area contributed by atoms with Gasteiger partial charge in [-0.25, -0.2) is 0 Å². The zero-order chi connectivity index (χ0) is 16.1. The van der Waals surface area contributed by atoms with Gasteiger partial charge in [0.05, 0.1) is 6.42 Å². The second-order valence-corrected chi connectivity index (χ2v) is 8.07. The fraction of sp³-hybridized carbons (Fsp3) is 0.895. The Bertz CT molecular complexity index is 353. The average molecular weight is 308 g/mol. The Morgan fingerprint density at radius 1 is 0.773 bits per heavy atom.